The van der Waals surface area contributed by atoms with Gasteiger partial charge in [-0.1, -0.05) is 36.4 Å². The number of morpholine rings is 1. The zero-order chi connectivity index (χ0) is 17.6. The largest absolute Gasteiger partial charge is 0.387 e. The topological polar surface area (TPSA) is 61.8 Å². The van der Waals surface area contributed by atoms with Crippen molar-refractivity contribution >= 4 is 11.6 Å². The highest BCUT2D eigenvalue weighted by Crippen LogP contribution is 2.22. The maximum absolute atomic E-state index is 12.6. The van der Waals surface area contributed by atoms with Crippen LogP contribution in [0.1, 0.15) is 27.6 Å². The molecule has 5 nitrogen and oxygen atoms in total. The van der Waals surface area contributed by atoms with Gasteiger partial charge < -0.3 is 20.1 Å². The first-order chi connectivity index (χ1) is 12.2. The van der Waals surface area contributed by atoms with Crippen LogP contribution >= 0.6 is 0 Å². The average molecular weight is 340 g/mol. The third-order valence-corrected chi connectivity index (χ3v) is 4.50. The van der Waals surface area contributed by atoms with E-state index in [1.54, 1.807) is 0 Å². The Bertz CT molecular complexity index is 726. The lowest BCUT2D eigenvalue weighted by atomic mass is 10.0. The molecule has 0 saturated carbocycles. The molecular weight excluding hydrogens is 316 g/mol. The number of aliphatic hydroxyl groups is 1. The number of anilines is 1. The van der Waals surface area contributed by atoms with Gasteiger partial charge in [-0.3, -0.25) is 4.79 Å². The van der Waals surface area contributed by atoms with E-state index < -0.39 is 6.10 Å². The minimum atomic E-state index is -0.722. The van der Waals surface area contributed by atoms with Crippen molar-refractivity contribution in [3.05, 3.63) is 65.2 Å². The summed E-state index contributed by atoms with van der Waals surface area (Å²) in [5.74, 6) is -0.172. The van der Waals surface area contributed by atoms with Crippen LogP contribution in [0.25, 0.3) is 0 Å². The molecule has 1 aliphatic rings. The van der Waals surface area contributed by atoms with Gasteiger partial charge in [0.2, 0.25) is 0 Å². The van der Waals surface area contributed by atoms with Crippen molar-refractivity contribution in [1.82, 2.24) is 5.32 Å². The monoisotopic (exact) mass is 340 g/mol. The van der Waals surface area contributed by atoms with E-state index >= 15 is 0 Å². The summed E-state index contributed by atoms with van der Waals surface area (Å²) in [5.41, 5.74) is 3.39. The third-order valence-electron chi connectivity index (χ3n) is 4.50. The molecule has 0 aromatic heterocycles. The van der Waals surface area contributed by atoms with E-state index in [1.165, 1.54) is 0 Å². The molecule has 0 aliphatic carbocycles. The molecule has 1 aliphatic heterocycles. The summed E-state index contributed by atoms with van der Waals surface area (Å²) >= 11 is 0. The number of aliphatic hydroxyl groups excluding tert-OH is 1. The molecule has 1 saturated heterocycles. The van der Waals surface area contributed by atoms with Gasteiger partial charge in [-0.15, -0.1) is 0 Å². The van der Waals surface area contributed by atoms with Crippen LogP contribution in [0.5, 0.6) is 0 Å². The van der Waals surface area contributed by atoms with Gasteiger partial charge in [0, 0.05) is 25.3 Å². The second kappa shape index (κ2) is 8.14. The summed E-state index contributed by atoms with van der Waals surface area (Å²) < 4.78 is 5.39. The lowest BCUT2D eigenvalue weighted by Crippen LogP contribution is -2.38. The number of benzene rings is 2. The minimum Gasteiger partial charge on any atom is -0.387 e. The third kappa shape index (κ3) is 4.18. The number of ether oxygens (including phenoxy) is 1. The molecule has 2 aromatic rings. The average Bonchev–Trinajstić information content (AvgIpc) is 2.67. The van der Waals surface area contributed by atoms with E-state index in [1.807, 2.05) is 55.5 Å². The van der Waals surface area contributed by atoms with Gasteiger partial charge in [0.15, 0.2) is 0 Å². The Balaban J connectivity index is 1.68. The minimum absolute atomic E-state index is 0.172. The number of amides is 1. The van der Waals surface area contributed by atoms with Gasteiger partial charge in [0.05, 0.1) is 24.9 Å². The standard InChI is InChI=1S/C20H24N2O3/c1-15-6-2-3-7-16(15)19(23)14-21-20(24)17-8-4-5-9-18(17)22-10-12-25-13-11-22/h2-9,19,23H,10-14H2,1H3,(H,21,24). The summed E-state index contributed by atoms with van der Waals surface area (Å²) in [6.07, 6.45) is -0.722. The quantitative estimate of drug-likeness (QED) is 0.877. The fourth-order valence-electron chi connectivity index (χ4n) is 3.10. The van der Waals surface area contributed by atoms with Crippen molar-refractivity contribution in [2.75, 3.05) is 37.7 Å². The number of para-hydroxylation sites is 1. The van der Waals surface area contributed by atoms with Crippen LogP contribution in [0.15, 0.2) is 48.5 Å². The smallest absolute Gasteiger partial charge is 0.253 e. The predicted octanol–water partition coefficient (Wildman–Crippen LogP) is 2.30. The molecule has 1 fully saturated rings. The van der Waals surface area contributed by atoms with Crippen molar-refractivity contribution in [1.29, 1.82) is 0 Å². The maximum Gasteiger partial charge on any atom is 0.253 e. The van der Waals surface area contributed by atoms with Crippen LogP contribution in [0, 0.1) is 6.92 Å². The van der Waals surface area contributed by atoms with Crippen molar-refractivity contribution in [3.8, 4) is 0 Å². The van der Waals surface area contributed by atoms with Gasteiger partial charge >= 0.3 is 0 Å². The van der Waals surface area contributed by atoms with E-state index in [9.17, 15) is 9.90 Å². The van der Waals surface area contributed by atoms with Crippen molar-refractivity contribution in [2.45, 2.75) is 13.0 Å². The van der Waals surface area contributed by atoms with Crippen molar-refractivity contribution in [2.24, 2.45) is 0 Å². The van der Waals surface area contributed by atoms with Crippen LogP contribution in [0.4, 0.5) is 5.69 Å². The zero-order valence-corrected chi connectivity index (χ0v) is 14.4. The molecule has 2 aromatic carbocycles. The number of nitrogens with zero attached hydrogens (tertiary/aromatic N) is 1. The molecule has 1 atom stereocenters. The number of aryl methyl sites for hydroxylation is 1. The van der Waals surface area contributed by atoms with Gasteiger partial charge in [-0.05, 0) is 30.2 Å². The van der Waals surface area contributed by atoms with Crippen LogP contribution in [0.3, 0.4) is 0 Å². The van der Waals surface area contributed by atoms with Gasteiger partial charge in [-0.25, -0.2) is 0 Å². The van der Waals surface area contributed by atoms with Crippen LogP contribution < -0.4 is 10.2 Å². The van der Waals surface area contributed by atoms with Gasteiger partial charge in [0.25, 0.3) is 5.91 Å². The summed E-state index contributed by atoms with van der Waals surface area (Å²) in [6.45, 7) is 5.02. The Morgan fingerprint density at radius 2 is 1.84 bits per heavy atom. The SMILES string of the molecule is Cc1ccccc1C(O)CNC(=O)c1ccccc1N1CCOCC1. The highest BCUT2D eigenvalue weighted by Gasteiger charge is 2.19. The Hall–Kier alpha value is -2.37. The molecule has 5 heteroatoms. The molecule has 0 spiro atoms. The molecule has 2 N–H and O–H groups in total. The number of hydrogen-bond acceptors (Lipinski definition) is 4. The van der Waals surface area contributed by atoms with Crippen LogP contribution in [-0.4, -0.2) is 43.9 Å². The summed E-state index contributed by atoms with van der Waals surface area (Å²) in [5, 5.41) is 13.2. The van der Waals surface area contributed by atoms with E-state index in [-0.39, 0.29) is 12.5 Å². The fraction of sp³-hybridized carbons (Fsp3) is 0.350. The molecule has 0 radical (unpaired) electrons. The van der Waals surface area contributed by atoms with E-state index in [2.05, 4.69) is 10.2 Å². The molecule has 3 rings (SSSR count). The fourth-order valence-corrected chi connectivity index (χ4v) is 3.10. The number of carbonyl (C=O) groups is 1. The number of hydrogen-bond donors (Lipinski definition) is 2. The van der Waals surface area contributed by atoms with Gasteiger partial charge in [-0.2, -0.15) is 0 Å². The molecule has 0 bridgehead atoms. The zero-order valence-electron chi connectivity index (χ0n) is 14.4. The highest BCUT2D eigenvalue weighted by atomic mass is 16.5. The van der Waals surface area contributed by atoms with Crippen LogP contribution in [-0.2, 0) is 4.74 Å². The normalized spacial score (nSPS) is 15.7. The summed E-state index contributed by atoms with van der Waals surface area (Å²) in [4.78, 5) is 14.8. The van der Waals surface area contributed by atoms with E-state index in [0.29, 0.717) is 18.8 Å². The second-order valence-electron chi connectivity index (χ2n) is 6.20. The first-order valence-corrected chi connectivity index (χ1v) is 8.60. The lowest BCUT2D eigenvalue weighted by molar-refractivity contribution is 0.0914. The molecule has 132 valence electrons. The molecule has 1 amide bonds. The Kier molecular flexibility index (Phi) is 5.68. The maximum atomic E-state index is 12.6. The molecule has 1 heterocycles. The Morgan fingerprint density at radius 1 is 1.16 bits per heavy atom. The summed E-state index contributed by atoms with van der Waals surface area (Å²) in [7, 11) is 0. The second-order valence-corrected chi connectivity index (χ2v) is 6.20. The Morgan fingerprint density at radius 3 is 2.60 bits per heavy atom. The Labute approximate surface area is 148 Å². The molecule has 1 unspecified atom stereocenters. The lowest BCUT2D eigenvalue weighted by Gasteiger charge is -2.30. The first kappa shape index (κ1) is 17.5. The number of carbonyl (C=O) groups excluding carboxylic acids is 1. The van der Waals surface area contributed by atoms with Crippen molar-refractivity contribution in [3.63, 3.8) is 0 Å². The molecule has 25 heavy (non-hydrogen) atoms. The predicted molar refractivity (Wildman–Crippen MR) is 97.9 cm³/mol. The highest BCUT2D eigenvalue weighted by molar-refractivity contribution is 5.99. The molecular formula is C20H24N2O3. The number of rotatable bonds is 5. The van der Waals surface area contributed by atoms with E-state index in [4.69, 9.17) is 4.74 Å². The van der Waals surface area contributed by atoms with E-state index in [0.717, 1.165) is 29.9 Å². The van der Waals surface area contributed by atoms with Crippen LogP contribution in [0.2, 0.25) is 0 Å². The first-order valence-electron chi connectivity index (χ1n) is 8.60. The number of nitrogens with one attached hydrogen (secondary N) is 1. The van der Waals surface area contributed by atoms with Crippen molar-refractivity contribution < 1.29 is 14.6 Å². The van der Waals surface area contributed by atoms with Gasteiger partial charge in [0.1, 0.15) is 0 Å². The summed E-state index contributed by atoms with van der Waals surface area (Å²) in [6, 6.07) is 15.2.